The highest BCUT2D eigenvalue weighted by molar-refractivity contribution is 9.10. The van der Waals surface area contributed by atoms with E-state index in [0.717, 1.165) is 23.2 Å². The molecule has 2 nitrogen and oxygen atoms in total. The second-order valence-corrected chi connectivity index (χ2v) is 6.64. The Morgan fingerprint density at radius 3 is 2.82 bits per heavy atom. The van der Waals surface area contributed by atoms with Gasteiger partial charge in [-0.2, -0.15) is 0 Å². The van der Waals surface area contributed by atoms with Gasteiger partial charge in [-0.25, -0.2) is 0 Å². The van der Waals surface area contributed by atoms with Gasteiger partial charge in [0.05, 0.1) is 0 Å². The Morgan fingerprint density at radius 1 is 1.41 bits per heavy atom. The maximum atomic E-state index is 6.05. The molecule has 3 heteroatoms. The van der Waals surface area contributed by atoms with Gasteiger partial charge < -0.3 is 5.73 Å². The van der Waals surface area contributed by atoms with Crippen LogP contribution in [0, 0.1) is 5.41 Å². The molecule has 1 aliphatic rings. The van der Waals surface area contributed by atoms with Gasteiger partial charge in [0, 0.05) is 28.8 Å². The van der Waals surface area contributed by atoms with E-state index in [4.69, 9.17) is 5.73 Å². The Balaban J connectivity index is 2.10. The zero-order valence-electron chi connectivity index (χ0n) is 10.7. The summed E-state index contributed by atoms with van der Waals surface area (Å²) in [5.41, 5.74) is 8.61. The van der Waals surface area contributed by atoms with E-state index in [1.54, 1.807) is 0 Å². The van der Waals surface area contributed by atoms with E-state index < -0.39 is 0 Å². The van der Waals surface area contributed by atoms with E-state index in [9.17, 15) is 0 Å². The van der Waals surface area contributed by atoms with Crippen molar-refractivity contribution in [2.75, 3.05) is 18.8 Å². The van der Waals surface area contributed by atoms with Crippen LogP contribution >= 0.6 is 15.9 Å². The lowest BCUT2D eigenvalue weighted by molar-refractivity contribution is 0.111. The minimum atomic E-state index is 0.439. The number of halogens is 1. The van der Waals surface area contributed by atoms with E-state index in [0.29, 0.717) is 5.41 Å². The van der Waals surface area contributed by atoms with Gasteiger partial charge in [0.2, 0.25) is 0 Å². The van der Waals surface area contributed by atoms with Crippen LogP contribution in [-0.4, -0.2) is 18.0 Å². The summed E-state index contributed by atoms with van der Waals surface area (Å²) in [6, 6.07) is 6.04. The molecule has 1 heterocycles. The smallest absolute Gasteiger partial charge is 0.0371 e. The number of likely N-dealkylation sites (tertiary alicyclic amines) is 1. The standard InChI is InChI=1S/C14H21BrN2/c1-14(2)7-4-8-17(10-14)9-11-12(15)5-3-6-13(11)16/h3,5-6H,4,7-10,16H2,1-2H3. The molecule has 1 aromatic carbocycles. The second kappa shape index (κ2) is 4.99. The second-order valence-electron chi connectivity index (χ2n) is 5.79. The maximum absolute atomic E-state index is 6.05. The van der Waals surface area contributed by atoms with Crippen molar-refractivity contribution in [3.8, 4) is 0 Å². The van der Waals surface area contributed by atoms with Crippen molar-refractivity contribution in [3.63, 3.8) is 0 Å². The Bertz CT molecular complexity index is 381. The number of hydrogen-bond acceptors (Lipinski definition) is 2. The van der Waals surface area contributed by atoms with Gasteiger partial charge >= 0.3 is 0 Å². The van der Waals surface area contributed by atoms with Crippen LogP contribution in [0.4, 0.5) is 5.69 Å². The van der Waals surface area contributed by atoms with Crippen LogP contribution in [0.5, 0.6) is 0 Å². The molecule has 0 unspecified atom stereocenters. The molecule has 17 heavy (non-hydrogen) atoms. The first-order valence-electron chi connectivity index (χ1n) is 6.23. The molecule has 0 atom stereocenters. The summed E-state index contributed by atoms with van der Waals surface area (Å²) in [5, 5.41) is 0. The van der Waals surface area contributed by atoms with Gasteiger partial charge in [-0.05, 0) is 36.9 Å². The molecule has 0 bridgehead atoms. The number of nitrogen functional groups attached to an aromatic ring is 1. The van der Waals surface area contributed by atoms with E-state index in [1.165, 1.54) is 24.9 Å². The number of anilines is 1. The van der Waals surface area contributed by atoms with E-state index in [-0.39, 0.29) is 0 Å². The maximum Gasteiger partial charge on any atom is 0.0371 e. The fourth-order valence-corrected chi connectivity index (χ4v) is 3.15. The van der Waals surface area contributed by atoms with Crippen LogP contribution in [0.3, 0.4) is 0 Å². The molecule has 2 N–H and O–H groups in total. The van der Waals surface area contributed by atoms with Crippen LogP contribution < -0.4 is 5.73 Å². The molecule has 0 spiro atoms. The first kappa shape index (κ1) is 12.9. The molecule has 0 amide bonds. The third-order valence-corrected chi connectivity index (χ3v) is 4.26. The van der Waals surface area contributed by atoms with E-state index >= 15 is 0 Å². The average molecular weight is 297 g/mol. The number of rotatable bonds is 2. The van der Waals surface area contributed by atoms with Crippen molar-refractivity contribution in [1.29, 1.82) is 0 Å². The highest BCUT2D eigenvalue weighted by Gasteiger charge is 2.26. The summed E-state index contributed by atoms with van der Waals surface area (Å²) >= 11 is 3.60. The fraction of sp³-hybridized carbons (Fsp3) is 0.571. The van der Waals surface area contributed by atoms with E-state index in [1.807, 2.05) is 12.1 Å². The Hall–Kier alpha value is -0.540. The lowest BCUT2D eigenvalue weighted by Crippen LogP contribution is -2.39. The summed E-state index contributed by atoms with van der Waals surface area (Å²) in [6.07, 6.45) is 2.62. The Labute approximate surface area is 112 Å². The predicted molar refractivity (Wildman–Crippen MR) is 76.8 cm³/mol. The number of hydrogen-bond donors (Lipinski definition) is 1. The summed E-state index contributed by atoms with van der Waals surface area (Å²) in [6.45, 7) is 8.00. The molecule has 0 radical (unpaired) electrons. The zero-order valence-corrected chi connectivity index (χ0v) is 12.3. The van der Waals surface area contributed by atoms with Crippen LogP contribution in [-0.2, 0) is 6.54 Å². The monoisotopic (exact) mass is 296 g/mol. The lowest BCUT2D eigenvalue weighted by Gasteiger charge is -2.38. The van der Waals surface area contributed by atoms with Crippen molar-refractivity contribution in [3.05, 3.63) is 28.2 Å². The molecular formula is C14H21BrN2. The highest BCUT2D eigenvalue weighted by Crippen LogP contribution is 2.31. The Morgan fingerprint density at radius 2 is 2.18 bits per heavy atom. The molecule has 2 rings (SSSR count). The highest BCUT2D eigenvalue weighted by atomic mass is 79.9. The largest absolute Gasteiger partial charge is 0.398 e. The van der Waals surface area contributed by atoms with Gasteiger partial charge in [-0.15, -0.1) is 0 Å². The summed E-state index contributed by atoms with van der Waals surface area (Å²) in [7, 11) is 0. The molecule has 1 aliphatic heterocycles. The van der Waals surface area contributed by atoms with Crippen LogP contribution in [0.2, 0.25) is 0 Å². The summed E-state index contributed by atoms with van der Waals surface area (Å²) in [4.78, 5) is 2.51. The molecule has 1 aromatic rings. The van der Waals surface area contributed by atoms with Crippen LogP contribution in [0.1, 0.15) is 32.3 Å². The van der Waals surface area contributed by atoms with Crippen LogP contribution in [0.25, 0.3) is 0 Å². The fourth-order valence-electron chi connectivity index (χ4n) is 2.65. The van der Waals surface area contributed by atoms with Gasteiger partial charge in [0.25, 0.3) is 0 Å². The van der Waals surface area contributed by atoms with Crippen molar-refractivity contribution >= 4 is 21.6 Å². The zero-order chi connectivity index (χ0) is 12.5. The third-order valence-electron chi connectivity index (χ3n) is 3.52. The van der Waals surface area contributed by atoms with Gasteiger partial charge in [0.15, 0.2) is 0 Å². The Kier molecular flexibility index (Phi) is 3.79. The quantitative estimate of drug-likeness (QED) is 0.844. The van der Waals surface area contributed by atoms with Crippen molar-refractivity contribution in [1.82, 2.24) is 4.90 Å². The molecule has 0 aliphatic carbocycles. The topological polar surface area (TPSA) is 29.3 Å². The lowest BCUT2D eigenvalue weighted by atomic mass is 9.84. The van der Waals surface area contributed by atoms with Crippen molar-refractivity contribution in [2.24, 2.45) is 5.41 Å². The summed E-state index contributed by atoms with van der Waals surface area (Å²) in [5.74, 6) is 0. The molecule has 0 saturated carbocycles. The SMILES string of the molecule is CC1(C)CCCN(Cc2c(N)cccc2Br)C1. The third kappa shape index (κ3) is 3.23. The number of piperidine rings is 1. The molecule has 1 saturated heterocycles. The van der Waals surface area contributed by atoms with Gasteiger partial charge in [-0.3, -0.25) is 4.90 Å². The minimum absolute atomic E-state index is 0.439. The minimum Gasteiger partial charge on any atom is -0.398 e. The molecule has 94 valence electrons. The van der Waals surface area contributed by atoms with Gasteiger partial charge in [0.1, 0.15) is 0 Å². The van der Waals surface area contributed by atoms with Crippen molar-refractivity contribution in [2.45, 2.75) is 33.2 Å². The molecule has 1 fully saturated rings. The normalized spacial score (nSPS) is 20.4. The number of benzene rings is 1. The van der Waals surface area contributed by atoms with Gasteiger partial charge in [-0.1, -0.05) is 35.8 Å². The first-order valence-corrected chi connectivity index (χ1v) is 7.02. The van der Waals surface area contributed by atoms with E-state index in [2.05, 4.69) is 40.7 Å². The van der Waals surface area contributed by atoms with Crippen molar-refractivity contribution < 1.29 is 0 Å². The molecular weight excluding hydrogens is 276 g/mol. The predicted octanol–water partition coefficient (Wildman–Crippen LogP) is 3.65. The molecule has 0 aromatic heterocycles. The van der Waals surface area contributed by atoms with Crippen LogP contribution in [0.15, 0.2) is 22.7 Å². The average Bonchev–Trinajstić information content (AvgIpc) is 2.22. The number of nitrogens with two attached hydrogens (primary N) is 1. The first-order chi connectivity index (χ1) is 7.98. The summed E-state index contributed by atoms with van der Waals surface area (Å²) < 4.78 is 1.13. The number of nitrogens with zero attached hydrogens (tertiary/aromatic N) is 1.